The van der Waals surface area contributed by atoms with Crippen LogP contribution in [0.4, 0.5) is 0 Å². The van der Waals surface area contributed by atoms with E-state index in [-0.39, 0.29) is 0 Å². The molecular formula is C11H7ClO2. The third-order valence-electron chi connectivity index (χ3n) is 1.88. The van der Waals surface area contributed by atoms with E-state index in [0.717, 1.165) is 5.56 Å². The number of halogens is 1. The Bertz CT molecular complexity index is 460. The van der Waals surface area contributed by atoms with Crippen molar-refractivity contribution in [3.63, 3.8) is 0 Å². The zero-order valence-electron chi connectivity index (χ0n) is 7.24. The van der Waals surface area contributed by atoms with E-state index in [0.29, 0.717) is 22.8 Å². The summed E-state index contributed by atoms with van der Waals surface area (Å²) in [5.74, 6) is 0.914. The minimum Gasteiger partial charge on any atom is -0.453 e. The van der Waals surface area contributed by atoms with Crippen molar-refractivity contribution in [2.75, 3.05) is 0 Å². The lowest BCUT2D eigenvalue weighted by Gasteiger charge is -1.98. The molecule has 1 heterocycles. The molecule has 0 bridgehead atoms. The van der Waals surface area contributed by atoms with E-state index >= 15 is 0 Å². The second-order valence-corrected chi connectivity index (χ2v) is 3.21. The SMILES string of the molecule is O=Cc1ccc(-c2ccccc2Cl)o1. The Labute approximate surface area is 86.1 Å². The fraction of sp³-hybridized carbons (Fsp3) is 0. The number of hydrogen-bond acceptors (Lipinski definition) is 2. The predicted molar refractivity (Wildman–Crippen MR) is 54.5 cm³/mol. The van der Waals surface area contributed by atoms with Crippen LogP contribution in [0.2, 0.25) is 5.02 Å². The van der Waals surface area contributed by atoms with Crippen LogP contribution in [0.15, 0.2) is 40.8 Å². The molecule has 0 aliphatic carbocycles. The molecule has 0 saturated heterocycles. The maximum atomic E-state index is 10.4. The van der Waals surface area contributed by atoms with Gasteiger partial charge in [0, 0.05) is 5.56 Å². The van der Waals surface area contributed by atoms with Gasteiger partial charge in [0.15, 0.2) is 12.0 Å². The minimum absolute atomic E-state index is 0.305. The van der Waals surface area contributed by atoms with Gasteiger partial charge in [0.05, 0.1) is 5.02 Å². The summed E-state index contributed by atoms with van der Waals surface area (Å²) >= 11 is 5.96. The van der Waals surface area contributed by atoms with E-state index in [4.69, 9.17) is 16.0 Å². The lowest BCUT2D eigenvalue weighted by atomic mass is 10.2. The monoisotopic (exact) mass is 206 g/mol. The first-order valence-corrected chi connectivity index (χ1v) is 4.49. The van der Waals surface area contributed by atoms with E-state index in [1.165, 1.54) is 0 Å². The average molecular weight is 207 g/mol. The van der Waals surface area contributed by atoms with Crippen molar-refractivity contribution >= 4 is 17.9 Å². The van der Waals surface area contributed by atoms with Crippen molar-refractivity contribution in [3.05, 3.63) is 47.2 Å². The van der Waals surface area contributed by atoms with Gasteiger partial charge in [-0.1, -0.05) is 23.7 Å². The molecule has 0 N–H and O–H groups in total. The van der Waals surface area contributed by atoms with Crippen LogP contribution in [0.1, 0.15) is 10.6 Å². The zero-order chi connectivity index (χ0) is 9.97. The molecule has 0 fully saturated rings. The summed E-state index contributed by atoms with van der Waals surface area (Å²) in [6.45, 7) is 0. The number of aldehydes is 1. The molecular weight excluding hydrogens is 200 g/mol. The maximum Gasteiger partial charge on any atom is 0.185 e. The highest BCUT2D eigenvalue weighted by atomic mass is 35.5. The van der Waals surface area contributed by atoms with Gasteiger partial charge in [-0.2, -0.15) is 0 Å². The normalized spacial score (nSPS) is 10.1. The number of furan rings is 1. The van der Waals surface area contributed by atoms with Crippen molar-refractivity contribution in [2.45, 2.75) is 0 Å². The van der Waals surface area contributed by atoms with Gasteiger partial charge < -0.3 is 4.42 Å². The van der Waals surface area contributed by atoms with Crippen LogP contribution in [0.3, 0.4) is 0 Å². The number of hydrogen-bond donors (Lipinski definition) is 0. The Morgan fingerprint density at radius 2 is 1.93 bits per heavy atom. The molecule has 0 saturated carbocycles. The predicted octanol–water partition coefficient (Wildman–Crippen LogP) is 3.41. The van der Waals surface area contributed by atoms with Gasteiger partial charge in [-0.05, 0) is 24.3 Å². The van der Waals surface area contributed by atoms with Gasteiger partial charge in [0.25, 0.3) is 0 Å². The lowest BCUT2D eigenvalue weighted by molar-refractivity contribution is 0.110. The van der Waals surface area contributed by atoms with E-state index in [2.05, 4.69) is 0 Å². The Kier molecular flexibility index (Phi) is 2.37. The van der Waals surface area contributed by atoms with Crippen molar-refractivity contribution < 1.29 is 9.21 Å². The van der Waals surface area contributed by atoms with E-state index < -0.39 is 0 Å². The average Bonchev–Trinajstić information content (AvgIpc) is 2.67. The molecule has 2 rings (SSSR count). The summed E-state index contributed by atoms with van der Waals surface area (Å²) in [6.07, 6.45) is 0.667. The van der Waals surface area contributed by atoms with Crippen LogP contribution in [0, 0.1) is 0 Å². The first-order valence-electron chi connectivity index (χ1n) is 4.11. The van der Waals surface area contributed by atoms with Gasteiger partial charge in [0.1, 0.15) is 5.76 Å². The van der Waals surface area contributed by atoms with Gasteiger partial charge in [-0.15, -0.1) is 0 Å². The molecule has 1 aromatic carbocycles. The molecule has 0 amide bonds. The molecule has 14 heavy (non-hydrogen) atoms. The molecule has 0 radical (unpaired) electrons. The molecule has 0 aliphatic heterocycles. The van der Waals surface area contributed by atoms with E-state index in [1.807, 2.05) is 18.2 Å². The molecule has 0 atom stereocenters. The van der Waals surface area contributed by atoms with Gasteiger partial charge in [0.2, 0.25) is 0 Å². The van der Waals surface area contributed by atoms with Gasteiger partial charge in [-0.25, -0.2) is 0 Å². The van der Waals surface area contributed by atoms with Gasteiger partial charge >= 0.3 is 0 Å². The maximum absolute atomic E-state index is 10.4. The largest absolute Gasteiger partial charge is 0.453 e. The molecule has 70 valence electrons. The first kappa shape index (κ1) is 9.03. The Morgan fingerprint density at radius 3 is 2.57 bits per heavy atom. The van der Waals surface area contributed by atoms with Crippen molar-refractivity contribution in [1.82, 2.24) is 0 Å². The van der Waals surface area contributed by atoms with Crippen molar-refractivity contribution in [1.29, 1.82) is 0 Å². The molecule has 1 aromatic heterocycles. The summed E-state index contributed by atoms with van der Waals surface area (Å²) in [6, 6.07) is 10.7. The molecule has 0 unspecified atom stereocenters. The highest BCUT2D eigenvalue weighted by molar-refractivity contribution is 6.33. The highest BCUT2D eigenvalue weighted by Crippen LogP contribution is 2.28. The summed E-state index contributed by atoms with van der Waals surface area (Å²) in [5, 5.41) is 0.610. The molecule has 0 spiro atoms. The summed E-state index contributed by atoms with van der Waals surface area (Å²) in [7, 11) is 0. The fourth-order valence-corrected chi connectivity index (χ4v) is 1.45. The second kappa shape index (κ2) is 3.68. The summed E-state index contributed by atoms with van der Waals surface area (Å²) in [5.41, 5.74) is 0.794. The smallest absolute Gasteiger partial charge is 0.185 e. The van der Waals surface area contributed by atoms with Crippen LogP contribution >= 0.6 is 11.6 Å². The zero-order valence-corrected chi connectivity index (χ0v) is 7.99. The van der Waals surface area contributed by atoms with Crippen molar-refractivity contribution in [2.24, 2.45) is 0 Å². The van der Waals surface area contributed by atoms with Crippen molar-refractivity contribution in [3.8, 4) is 11.3 Å². The van der Waals surface area contributed by atoms with Crippen LogP contribution in [0.25, 0.3) is 11.3 Å². The summed E-state index contributed by atoms with van der Waals surface area (Å²) in [4.78, 5) is 10.4. The highest BCUT2D eigenvalue weighted by Gasteiger charge is 2.06. The third-order valence-corrected chi connectivity index (χ3v) is 2.21. The minimum atomic E-state index is 0.305. The molecule has 3 heteroatoms. The number of carbonyl (C=O) groups is 1. The van der Waals surface area contributed by atoms with Crippen LogP contribution in [-0.2, 0) is 0 Å². The molecule has 2 nitrogen and oxygen atoms in total. The van der Waals surface area contributed by atoms with Crippen LogP contribution in [0.5, 0.6) is 0 Å². The third kappa shape index (κ3) is 1.56. The van der Waals surface area contributed by atoms with E-state index in [1.54, 1.807) is 18.2 Å². The van der Waals surface area contributed by atoms with Crippen LogP contribution < -0.4 is 0 Å². The first-order chi connectivity index (χ1) is 6.81. The molecule has 0 aliphatic rings. The van der Waals surface area contributed by atoms with Gasteiger partial charge in [-0.3, -0.25) is 4.79 Å². The van der Waals surface area contributed by atoms with E-state index in [9.17, 15) is 4.79 Å². The second-order valence-electron chi connectivity index (χ2n) is 2.80. The summed E-state index contributed by atoms with van der Waals surface area (Å²) < 4.78 is 5.25. The Morgan fingerprint density at radius 1 is 1.14 bits per heavy atom. The Balaban J connectivity index is 2.49. The van der Waals surface area contributed by atoms with Crippen LogP contribution in [-0.4, -0.2) is 6.29 Å². The topological polar surface area (TPSA) is 30.2 Å². The number of benzene rings is 1. The fourth-order valence-electron chi connectivity index (χ4n) is 1.22. The number of carbonyl (C=O) groups excluding carboxylic acids is 1. The number of rotatable bonds is 2. The Hall–Kier alpha value is -1.54. The quantitative estimate of drug-likeness (QED) is 0.705. The molecule has 2 aromatic rings. The lowest BCUT2D eigenvalue weighted by Crippen LogP contribution is -1.75. The standard InChI is InChI=1S/C11H7ClO2/c12-10-4-2-1-3-9(10)11-6-5-8(7-13)14-11/h1-7H.